The van der Waals surface area contributed by atoms with Crippen molar-refractivity contribution in [2.75, 3.05) is 11.1 Å². The van der Waals surface area contributed by atoms with Crippen LogP contribution in [0, 0.1) is 0 Å². The van der Waals surface area contributed by atoms with Crippen LogP contribution in [0.3, 0.4) is 0 Å². The largest absolute Gasteiger partial charge is 0.477 e. The topological polar surface area (TPSA) is 92.4 Å². The van der Waals surface area contributed by atoms with E-state index in [9.17, 15) is 9.59 Å². The third-order valence-corrected chi connectivity index (χ3v) is 1.91. The van der Waals surface area contributed by atoms with Crippen LogP contribution in [-0.4, -0.2) is 17.0 Å². The van der Waals surface area contributed by atoms with Gasteiger partial charge in [0.2, 0.25) is 5.91 Å². The summed E-state index contributed by atoms with van der Waals surface area (Å²) in [6.07, 6.45) is 0.792. The first-order valence-electron chi connectivity index (χ1n) is 4.26. The third kappa shape index (κ3) is 3.62. The number of carboxylic acids is 1. The molecule has 1 rings (SSSR count). The van der Waals surface area contributed by atoms with E-state index in [4.69, 9.17) is 22.4 Å². The fourth-order valence-electron chi connectivity index (χ4n) is 0.922. The molecule has 16 heavy (non-hydrogen) atoms. The van der Waals surface area contributed by atoms with Gasteiger partial charge >= 0.3 is 5.97 Å². The summed E-state index contributed by atoms with van der Waals surface area (Å²) in [4.78, 5) is 21.6. The number of hydrogen-bond donors (Lipinski definition) is 3. The van der Waals surface area contributed by atoms with E-state index in [1.54, 1.807) is 24.3 Å². The zero-order valence-corrected chi connectivity index (χ0v) is 8.86. The molecule has 6 heteroatoms. The Morgan fingerprint density at radius 2 is 1.88 bits per heavy atom. The molecule has 0 spiro atoms. The molecule has 1 aromatic carbocycles. The molecule has 0 atom stereocenters. The van der Waals surface area contributed by atoms with E-state index < -0.39 is 16.9 Å². The summed E-state index contributed by atoms with van der Waals surface area (Å²) in [5.74, 6) is -1.97. The van der Waals surface area contributed by atoms with Gasteiger partial charge in [-0.3, -0.25) is 4.79 Å². The molecular formula is C10H9ClN2O3. The van der Waals surface area contributed by atoms with Gasteiger partial charge in [0.05, 0.1) is 0 Å². The van der Waals surface area contributed by atoms with Crippen LogP contribution in [0.5, 0.6) is 0 Å². The fraction of sp³-hybridized carbons (Fsp3) is 0. The lowest BCUT2D eigenvalue weighted by Crippen LogP contribution is -2.10. The molecule has 0 heterocycles. The fourth-order valence-corrected chi connectivity index (χ4v) is 1.02. The molecular weight excluding hydrogens is 232 g/mol. The van der Waals surface area contributed by atoms with Gasteiger partial charge in [-0.05, 0) is 24.3 Å². The Hall–Kier alpha value is -2.01. The molecule has 0 bridgehead atoms. The normalized spacial score (nSPS) is 10.9. The van der Waals surface area contributed by atoms with E-state index in [0.717, 1.165) is 6.08 Å². The number of nitrogens with two attached hydrogens (primary N) is 1. The van der Waals surface area contributed by atoms with E-state index in [0.29, 0.717) is 11.4 Å². The molecule has 84 valence electrons. The number of carbonyl (C=O) groups is 2. The van der Waals surface area contributed by atoms with Gasteiger partial charge in [0.1, 0.15) is 5.03 Å². The van der Waals surface area contributed by atoms with Crippen molar-refractivity contribution in [3.05, 3.63) is 35.4 Å². The van der Waals surface area contributed by atoms with Crippen molar-refractivity contribution in [3.8, 4) is 0 Å². The first kappa shape index (κ1) is 12.1. The highest BCUT2D eigenvalue weighted by Crippen LogP contribution is 2.11. The second kappa shape index (κ2) is 5.18. The molecule has 0 saturated carbocycles. The molecule has 0 saturated heterocycles. The molecule has 0 aromatic heterocycles. The molecule has 1 aromatic rings. The second-order valence-corrected chi connectivity index (χ2v) is 3.32. The molecule has 5 nitrogen and oxygen atoms in total. The highest BCUT2D eigenvalue weighted by molar-refractivity contribution is 6.42. The lowest BCUT2D eigenvalue weighted by molar-refractivity contribution is -0.132. The summed E-state index contributed by atoms with van der Waals surface area (Å²) in [5.41, 5.74) is 6.53. The Labute approximate surface area is 96.5 Å². The zero-order chi connectivity index (χ0) is 12.1. The molecule has 0 aliphatic carbocycles. The second-order valence-electron chi connectivity index (χ2n) is 2.91. The highest BCUT2D eigenvalue weighted by Gasteiger charge is 2.06. The first-order chi connectivity index (χ1) is 7.49. The van der Waals surface area contributed by atoms with Crippen LogP contribution < -0.4 is 11.1 Å². The number of halogens is 1. The quantitative estimate of drug-likeness (QED) is 0.550. The van der Waals surface area contributed by atoms with E-state index >= 15 is 0 Å². The van der Waals surface area contributed by atoms with Gasteiger partial charge < -0.3 is 16.2 Å². The number of aliphatic carboxylic acids is 1. The lowest BCUT2D eigenvalue weighted by Gasteiger charge is -2.02. The Bertz CT molecular complexity index is 440. The number of carboxylic acid groups (broad SMARTS) is 1. The molecule has 0 fully saturated rings. The predicted octanol–water partition coefficient (Wildman–Crippen LogP) is 1.41. The van der Waals surface area contributed by atoms with Crippen LogP contribution >= 0.6 is 11.6 Å². The number of nitrogens with one attached hydrogen (secondary N) is 1. The van der Waals surface area contributed by atoms with E-state index in [1.807, 2.05) is 0 Å². The number of amides is 1. The van der Waals surface area contributed by atoms with Crippen LogP contribution in [0.2, 0.25) is 0 Å². The minimum atomic E-state index is -1.35. The molecule has 4 N–H and O–H groups in total. The van der Waals surface area contributed by atoms with Crippen molar-refractivity contribution in [2.45, 2.75) is 0 Å². The summed E-state index contributed by atoms with van der Waals surface area (Å²) in [6.45, 7) is 0. The minimum absolute atomic E-state index is 0.505. The number of hydrogen-bond acceptors (Lipinski definition) is 3. The molecule has 0 unspecified atom stereocenters. The third-order valence-electron chi connectivity index (χ3n) is 1.64. The minimum Gasteiger partial charge on any atom is -0.477 e. The number of rotatable bonds is 3. The maximum absolute atomic E-state index is 11.2. The summed E-state index contributed by atoms with van der Waals surface area (Å²) in [5, 5.41) is 10.3. The standard InChI is InChI=1S/C10H9ClN2O3/c11-8(10(15)16)5-9(14)13-7-3-1-6(12)2-4-7/h1-5H,12H2,(H,13,14)(H,15,16)/b8-5+. The van der Waals surface area contributed by atoms with Crippen molar-refractivity contribution in [1.82, 2.24) is 0 Å². The van der Waals surface area contributed by atoms with Crippen LogP contribution in [-0.2, 0) is 9.59 Å². The smallest absolute Gasteiger partial charge is 0.347 e. The number of benzene rings is 1. The van der Waals surface area contributed by atoms with Gasteiger partial charge in [-0.15, -0.1) is 0 Å². The van der Waals surface area contributed by atoms with E-state index in [-0.39, 0.29) is 0 Å². The molecule has 0 radical (unpaired) electrons. The van der Waals surface area contributed by atoms with Gasteiger partial charge in [0, 0.05) is 17.5 Å². The summed E-state index contributed by atoms with van der Waals surface area (Å²) >= 11 is 5.28. The Morgan fingerprint density at radius 3 is 2.38 bits per heavy atom. The molecule has 1 amide bonds. The molecule has 0 aliphatic heterocycles. The van der Waals surface area contributed by atoms with E-state index in [2.05, 4.69) is 5.32 Å². The Balaban J connectivity index is 2.68. The number of nitrogen functional groups attached to an aromatic ring is 1. The number of anilines is 2. The molecule has 0 aliphatic rings. The Kier molecular flexibility index (Phi) is 3.90. The number of carbonyl (C=O) groups excluding carboxylic acids is 1. The monoisotopic (exact) mass is 240 g/mol. The first-order valence-corrected chi connectivity index (χ1v) is 4.64. The highest BCUT2D eigenvalue weighted by atomic mass is 35.5. The van der Waals surface area contributed by atoms with Gasteiger partial charge in [0.15, 0.2) is 0 Å². The zero-order valence-electron chi connectivity index (χ0n) is 8.11. The average Bonchev–Trinajstić information content (AvgIpc) is 2.21. The van der Waals surface area contributed by atoms with Crippen LogP contribution in [0.15, 0.2) is 35.4 Å². The maximum Gasteiger partial charge on any atom is 0.347 e. The summed E-state index contributed by atoms with van der Waals surface area (Å²) in [6, 6.07) is 6.40. The SMILES string of the molecule is Nc1ccc(NC(=O)/C=C(/Cl)C(=O)O)cc1. The van der Waals surface area contributed by atoms with Crippen molar-refractivity contribution in [1.29, 1.82) is 0 Å². The maximum atomic E-state index is 11.2. The summed E-state index contributed by atoms with van der Waals surface area (Å²) in [7, 11) is 0. The summed E-state index contributed by atoms with van der Waals surface area (Å²) < 4.78 is 0. The average molecular weight is 241 g/mol. The van der Waals surface area contributed by atoms with Crippen molar-refractivity contribution in [3.63, 3.8) is 0 Å². The van der Waals surface area contributed by atoms with Gasteiger partial charge in [0.25, 0.3) is 0 Å². The predicted molar refractivity (Wildman–Crippen MR) is 61.1 cm³/mol. The van der Waals surface area contributed by atoms with Gasteiger partial charge in [-0.2, -0.15) is 0 Å². The lowest BCUT2D eigenvalue weighted by atomic mass is 10.3. The van der Waals surface area contributed by atoms with Crippen molar-refractivity contribution >= 4 is 34.9 Å². The van der Waals surface area contributed by atoms with Crippen molar-refractivity contribution < 1.29 is 14.7 Å². The Morgan fingerprint density at radius 1 is 1.31 bits per heavy atom. The van der Waals surface area contributed by atoms with Crippen LogP contribution in [0.25, 0.3) is 0 Å². The van der Waals surface area contributed by atoms with Gasteiger partial charge in [-0.25, -0.2) is 4.79 Å². The van der Waals surface area contributed by atoms with Crippen molar-refractivity contribution in [2.24, 2.45) is 0 Å². The van der Waals surface area contributed by atoms with Crippen LogP contribution in [0.4, 0.5) is 11.4 Å². The van der Waals surface area contributed by atoms with E-state index in [1.165, 1.54) is 0 Å². The van der Waals surface area contributed by atoms with Crippen LogP contribution in [0.1, 0.15) is 0 Å². The van der Waals surface area contributed by atoms with Gasteiger partial charge in [-0.1, -0.05) is 11.6 Å².